The van der Waals surface area contributed by atoms with Crippen LogP contribution in [0.15, 0.2) is 23.3 Å². The lowest BCUT2D eigenvalue weighted by Crippen LogP contribution is -2.54. The third kappa shape index (κ3) is 1.69. The second-order valence-corrected chi connectivity index (χ2v) is 7.94. The molecule has 0 bridgehead atoms. The van der Waals surface area contributed by atoms with Gasteiger partial charge < -0.3 is 5.11 Å². The van der Waals surface area contributed by atoms with Crippen molar-refractivity contribution in [3.05, 3.63) is 23.3 Å². The average molecular weight is 296 g/mol. The van der Waals surface area contributed by atoms with Crippen molar-refractivity contribution in [2.24, 2.45) is 23.2 Å². The Hall–Kier alpha value is -1.33. The van der Waals surface area contributed by atoms with E-state index in [9.17, 15) is 9.90 Å². The molecule has 2 fully saturated rings. The van der Waals surface area contributed by atoms with E-state index in [4.69, 9.17) is 6.42 Å². The number of carbonyl (C=O) groups is 1. The van der Waals surface area contributed by atoms with Gasteiger partial charge in [0.05, 0.1) is 5.60 Å². The number of allylic oxidation sites excluding steroid dienone is 3. The third-order valence-electron chi connectivity index (χ3n) is 7.15. The summed E-state index contributed by atoms with van der Waals surface area (Å²) in [6.07, 6.45) is 15.9. The highest BCUT2D eigenvalue weighted by Crippen LogP contribution is 2.62. The van der Waals surface area contributed by atoms with E-state index in [-0.39, 0.29) is 11.2 Å². The number of carbonyl (C=O) groups excluding carboxylic acids is 1. The van der Waals surface area contributed by atoms with Crippen LogP contribution in [-0.4, -0.2) is 16.5 Å². The first kappa shape index (κ1) is 14.3. The first-order chi connectivity index (χ1) is 10.5. The number of ketones is 1. The molecule has 2 heteroatoms. The number of Topliss-reactive ketones (excluding diaryl/α,β-unsaturated/α-hetero) is 1. The molecule has 0 aromatic rings. The number of hydrogen-bond acceptors (Lipinski definition) is 2. The fourth-order valence-electron chi connectivity index (χ4n) is 5.90. The summed E-state index contributed by atoms with van der Waals surface area (Å²) in [5.74, 6) is 4.56. The molecule has 1 N–H and O–H groups in total. The second kappa shape index (κ2) is 4.59. The standard InChI is InChI=1S/C20H24O2/c1-3-13-5-7-17-16-6-4-14-12-15(21)8-11-20(14,22)18(16)9-10-19(13,17)2/h1,4-5,16-18,22H,6-12H2,2H3/t16?,17?,18?,19-,20-/m1/s1. The summed E-state index contributed by atoms with van der Waals surface area (Å²) >= 11 is 0. The topological polar surface area (TPSA) is 37.3 Å². The Morgan fingerprint density at radius 3 is 2.86 bits per heavy atom. The largest absolute Gasteiger partial charge is 0.385 e. The molecule has 0 saturated heterocycles. The molecule has 2 saturated carbocycles. The Morgan fingerprint density at radius 2 is 2.09 bits per heavy atom. The van der Waals surface area contributed by atoms with E-state index in [0.29, 0.717) is 37.0 Å². The Kier molecular flexibility index (Phi) is 2.97. The minimum absolute atomic E-state index is 0.127. The van der Waals surface area contributed by atoms with Gasteiger partial charge >= 0.3 is 0 Å². The van der Waals surface area contributed by atoms with Gasteiger partial charge in [-0.25, -0.2) is 0 Å². The fourth-order valence-corrected chi connectivity index (χ4v) is 5.90. The minimum Gasteiger partial charge on any atom is -0.385 e. The van der Waals surface area contributed by atoms with Crippen LogP contribution in [0, 0.1) is 35.5 Å². The Balaban J connectivity index is 1.70. The maximum Gasteiger partial charge on any atom is 0.137 e. The minimum atomic E-state index is -0.725. The molecule has 0 heterocycles. The molecule has 4 aliphatic rings. The van der Waals surface area contributed by atoms with Gasteiger partial charge in [-0.3, -0.25) is 4.79 Å². The van der Waals surface area contributed by atoms with Crippen molar-refractivity contribution < 1.29 is 9.90 Å². The van der Waals surface area contributed by atoms with E-state index in [2.05, 4.69) is 25.0 Å². The van der Waals surface area contributed by atoms with E-state index in [1.807, 2.05) is 0 Å². The average Bonchev–Trinajstić information content (AvgIpc) is 2.84. The van der Waals surface area contributed by atoms with E-state index in [1.54, 1.807) is 0 Å². The smallest absolute Gasteiger partial charge is 0.137 e. The van der Waals surface area contributed by atoms with Crippen molar-refractivity contribution in [2.45, 2.75) is 57.5 Å². The number of hydrogen-bond donors (Lipinski definition) is 1. The van der Waals surface area contributed by atoms with Gasteiger partial charge in [-0.15, -0.1) is 6.42 Å². The van der Waals surface area contributed by atoms with Crippen molar-refractivity contribution in [3.63, 3.8) is 0 Å². The van der Waals surface area contributed by atoms with Gasteiger partial charge in [0.1, 0.15) is 5.78 Å². The molecule has 4 aliphatic carbocycles. The molecule has 3 unspecified atom stereocenters. The molecule has 0 aromatic heterocycles. The summed E-state index contributed by atoms with van der Waals surface area (Å²) in [5, 5.41) is 11.4. The summed E-state index contributed by atoms with van der Waals surface area (Å²) in [5.41, 5.74) is 1.59. The lowest BCUT2D eigenvalue weighted by atomic mass is 9.50. The normalized spacial score (nSPS) is 46.8. The molecular formula is C20H24O2. The molecular weight excluding hydrogens is 272 g/mol. The highest BCUT2D eigenvalue weighted by atomic mass is 16.3. The number of rotatable bonds is 0. The maximum absolute atomic E-state index is 11.8. The van der Waals surface area contributed by atoms with Crippen LogP contribution < -0.4 is 0 Å². The zero-order valence-corrected chi connectivity index (χ0v) is 13.3. The number of terminal acetylenes is 1. The highest BCUT2D eigenvalue weighted by Gasteiger charge is 2.57. The Bertz CT molecular complexity index is 635. The molecule has 0 amide bonds. The summed E-state index contributed by atoms with van der Waals surface area (Å²) in [4.78, 5) is 11.8. The van der Waals surface area contributed by atoms with Crippen LogP contribution in [0.4, 0.5) is 0 Å². The van der Waals surface area contributed by atoms with E-state index in [1.165, 1.54) is 5.57 Å². The SMILES string of the molecule is C#CC1=CCC2C3CC=C4CC(=O)CC[C@]4(O)C3CC[C@]12C. The number of aliphatic hydroxyl groups is 1. The van der Waals surface area contributed by atoms with E-state index in [0.717, 1.165) is 31.3 Å². The highest BCUT2D eigenvalue weighted by molar-refractivity contribution is 5.83. The van der Waals surface area contributed by atoms with Crippen LogP contribution >= 0.6 is 0 Å². The van der Waals surface area contributed by atoms with Crippen LogP contribution in [0.2, 0.25) is 0 Å². The maximum atomic E-state index is 11.8. The molecule has 4 rings (SSSR count). The Labute approximate surface area is 132 Å². The fraction of sp³-hybridized carbons (Fsp3) is 0.650. The zero-order chi connectivity index (χ0) is 15.5. The molecule has 0 aliphatic heterocycles. The second-order valence-electron chi connectivity index (χ2n) is 7.94. The predicted octanol–water partition coefficient (Wildman–Crippen LogP) is 3.41. The van der Waals surface area contributed by atoms with Crippen molar-refractivity contribution in [1.29, 1.82) is 0 Å². The summed E-state index contributed by atoms with van der Waals surface area (Å²) in [6, 6.07) is 0. The first-order valence-corrected chi connectivity index (χ1v) is 8.60. The van der Waals surface area contributed by atoms with E-state index >= 15 is 0 Å². The number of fused-ring (bicyclic) bond motifs is 5. The van der Waals surface area contributed by atoms with Gasteiger partial charge in [0.2, 0.25) is 0 Å². The van der Waals surface area contributed by atoms with Crippen molar-refractivity contribution in [3.8, 4) is 12.3 Å². The molecule has 0 aromatic carbocycles. The Morgan fingerprint density at radius 1 is 1.27 bits per heavy atom. The molecule has 0 radical (unpaired) electrons. The summed E-state index contributed by atoms with van der Waals surface area (Å²) in [6.45, 7) is 2.32. The van der Waals surface area contributed by atoms with Crippen LogP contribution in [0.5, 0.6) is 0 Å². The van der Waals surface area contributed by atoms with E-state index < -0.39 is 5.60 Å². The van der Waals surface area contributed by atoms with Crippen LogP contribution in [0.25, 0.3) is 0 Å². The predicted molar refractivity (Wildman–Crippen MR) is 85.9 cm³/mol. The van der Waals surface area contributed by atoms with Crippen molar-refractivity contribution >= 4 is 5.78 Å². The van der Waals surface area contributed by atoms with Crippen molar-refractivity contribution in [2.75, 3.05) is 0 Å². The van der Waals surface area contributed by atoms with Gasteiger partial charge in [-0.1, -0.05) is 25.0 Å². The van der Waals surface area contributed by atoms with Gasteiger partial charge in [0.25, 0.3) is 0 Å². The first-order valence-electron chi connectivity index (χ1n) is 8.60. The van der Waals surface area contributed by atoms with Gasteiger partial charge in [-0.2, -0.15) is 0 Å². The molecule has 0 spiro atoms. The molecule has 2 nitrogen and oxygen atoms in total. The van der Waals surface area contributed by atoms with Crippen LogP contribution in [-0.2, 0) is 4.79 Å². The lowest BCUT2D eigenvalue weighted by molar-refractivity contribution is -0.128. The van der Waals surface area contributed by atoms with Crippen LogP contribution in [0.3, 0.4) is 0 Å². The van der Waals surface area contributed by atoms with Crippen LogP contribution in [0.1, 0.15) is 51.9 Å². The lowest BCUT2D eigenvalue weighted by Gasteiger charge is -2.55. The molecule has 22 heavy (non-hydrogen) atoms. The van der Waals surface area contributed by atoms with Crippen molar-refractivity contribution in [1.82, 2.24) is 0 Å². The molecule has 5 atom stereocenters. The quantitative estimate of drug-likeness (QED) is 0.549. The zero-order valence-electron chi connectivity index (χ0n) is 13.3. The van der Waals surface area contributed by atoms with Gasteiger partial charge in [-0.05, 0) is 55.4 Å². The third-order valence-corrected chi connectivity index (χ3v) is 7.15. The van der Waals surface area contributed by atoms with Gasteiger partial charge in [0, 0.05) is 23.8 Å². The monoisotopic (exact) mass is 296 g/mol. The molecule has 116 valence electrons. The van der Waals surface area contributed by atoms with Gasteiger partial charge in [0.15, 0.2) is 0 Å². The summed E-state index contributed by atoms with van der Waals surface area (Å²) < 4.78 is 0. The summed E-state index contributed by atoms with van der Waals surface area (Å²) in [7, 11) is 0.